The van der Waals surface area contributed by atoms with Gasteiger partial charge in [-0.05, 0) is 38.1 Å². The Morgan fingerprint density at radius 2 is 1.80 bits per heavy atom. The van der Waals surface area contributed by atoms with Crippen molar-refractivity contribution < 1.29 is 10.2 Å². The average Bonchev–Trinajstić information content (AvgIpc) is 2.16. The van der Waals surface area contributed by atoms with Crippen molar-refractivity contribution in [1.82, 2.24) is 5.32 Å². The van der Waals surface area contributed by atoms with Gasteiger partial charge in [-0.25, -0.2) is 0 Å². The molecule has 0 aromatic heterocycles. The third kappa shape index (κ3) is 3.16. The monoisotopic (exact) mass is 213 g/mol. The molecule has 2 saturated carbocycles. The number of nitrogens with one attached hydrogen (secondary N) is 1. The van der Waals surface area contributed by atoms with E-state index in [-0.39, 0.29) is 6.10 Å². The third-order valence-electron chi connectivity index (χ3n) is 3.88. The van der Waals surface area contributed by atoms with Crippen molar-refractivity contribution >= 4 is 0 Å². The minimum atomic E-state index is -0.444. The Balaban J connectivity index is 1.60. The van der Waals surface area contributed by atoms with Crippen LogP contribution in [0.2, 0.25) is 0 Å². The Morgan fingerprint density at radius 1 is 1.13 bits per heavy atom. The molecule has 15 heavy (non-hydrogen) atoms. The fourth-order valence-corrected chi connectivity index (χ4v) is 2.76. The highest BCUT2D eigenvalue weighted by Crippen LogP contribution is 2.28. The van der Waals surface area contributed by atoms with Crippen molar-refractivity contribution in [3.8, 4) is 0 Å². The van der Waals surface area contributed by atoms with Crippen LogP contribution in [0.1, 0.15) is 44.9 Å². The molecule has 0 amide bonds. The molecule has 0 aromatic rings. The maximum Gasteiger partial charge on any atom is 0.0771 e. The topological polar surface area (TPSA) is 52.5 Å². The number of aliphatic hydroxyl groups is 2. The highest BCUT2D eigenvalue weighted by Gasteiger charge is 2.30. The Labute approximate surface area is 91.9 Å². The molecule has 0 heterocycles. The van der Waals surface area contributed by atoms with Crippen LogP contribution >= 0.6 is 0 Å². The van der Waals surface area contributed by atoms with E-state index in [1.54, 1.807) is 0 Å². The van der Waals surface area contributed by atoms with Gasteiger partial charge in [0.25, 0.3) is 0 Å². The second-order valence-electron chi connectivity index (χ2n) is 5.41. The smallest absolute Gasteiger partial charge is 0.0771 e. The summed E-state index contributed by atoms with van der Waals surface area (Å²) >= 11 is 0. The molecule has 3 nitrogen and oxygen atoms in total. The maximum atomic E-state index is 10.2. The van der Waals surface area contributed by atoms with E-state index >= 15 is 0 Å². The molecule has 0 bridgehead atoms. The first-order valence-electron chi connectivity index (χ1n) is 6.29. The van der Waals surface area contributed by atoms with Crippen LogP contribution < -0.4 is 5.32 Å². The largest absolute Gasteiger partial charge is 0.393 e. The van der Waals surface area contributed by atoms with Gasteiger partial charge in [-0.15, -0.1) is 0 Å². The molecule has 2 fully saturated rings. The summed E-state index contributed by atoms with van der Waals surface area (Å²) in [4.78, 5) is 0. The van der Waals surface area contributed by atoms with Gasteiger partial charge in [0.15, 0.2) is 0 Å². The van der Waals surface area contributed by atoms with Crippen LogP contribution in [0.25, 0.3) is 0 Å². The Bertz CT molecular complexity index is 196. The second-order valence-corrected chi connectivity index (χ2v) is 5.41. The minimum absolute atomic E-state index is 0.0606. The highest BCUT2D eigenvalue weighted by atomic mass is 16.3. The molecule has 0 radical (unpaired) electrons. The lowest BCUT2D eigenvalue weighted by Crippen LogP contribution is -2.45. The number of hydrogen-bond donors (Lipinski definition) is 3. The van der Waals surface area contributed by atoms with Gasteiger partial charge in [-0.1, -0.05) is 19.3 Å². The first-order valence-corrected chi connectivity index (χ1v) is 6.29. The van der Waals surface area contributed by atoms with E-state index in [9.17, 15) is 5.11 Å². The van der Waals surface area contributed by atoms with Crippen molar-refractivity contribution in [2.24, 2.45) is 5.92 Å². The van der Waals surface area contributed by atoms with E-state index in [1.165, 1.54) is 19.3 Å². The lowest BCUT2D eigenvalue weighted by atomic mass is 9.81. The molecule has 0 unspecified atom stereocenters. The summed E-state index contributed by atoms with van der Waals surface area (Å²) in [6.45, 7) is 1.69. The Kier molecular flexibility index (Phi) is 3.65. The Morgan fingerprint density at radius 3 is 2.40 bits per heavy atom. The molecule has 3 N–H and O–H groups in total. The maximum absolute atomic E-state index is 10.2. The van der Waals surface area contributed by atoms with Gasteiger partial charge >= 0.3 is 0 Å². The summed E-state index contributed by atoms with van der Waals surface area (Å²) in [6.07, 6.45) is 7.32. The molecule has 0 saturated heterocycles. The molecule has 2 aliphatic carbocycles. The first-order chi connectivity index (χ1) is 7.18. The van der Waals surface area contributed by atoms with Gasteiger partial charge < -0.3 is 15.5 Å². The summed E-state index contributed by atoms with van der Waals surface area (Å²) < 4.78 is 0. The lowest BCUT2D eigenvalue weighted by Gasteiger charge is -2.35. The van der Waals surface area contributed by atoms with Gasteiger partial charge in [0.05, 0.1) is 11.7 Å². The SMILES string of the molecule is OC1CC(CNCC2(O)CCCCC2)C1. The van der Waals surface area contributed by atoms with E-state index in [2.05, 4.69) is 5.32 Å². The van der Waals surface area contributed by atoms with Crippen LogP contribution in [0.4, 0.5) is 0 Å². The molecule has 88 valence electrons. The normalized spacial score (nSPS) is 34.8. The highest BCUT2D eigenvalue weighted by molar-refractivity contribution is 4.86. The quantitative estimate of drug-likeness (QED) is 0.654. The molecule has 3 heteroatoms. The summed E-state index contributed by atoms with van der Waals surface area (Å²) in [5, 5.41) is 22.7. The van der Waals surface area contributed by atoms with E-state index in [4.69, 9.17) is 5.11 Å². The van der Waals surface area contributed by atoms with Crippen molar-refractivity contribution in [2.75, 3.05) is 13.1 Å². The summed E-state index contributed by atoms with van der Waals surface area (Å²) in [6, 6.07) is 0. The van der Waals surface area contributed by atoms with Crippen molar-refractivity contribution in [3.63, 3.8) is 0 Å². The summed E-state index contributed by atoms with van der Waals surface area (Å²) in [5.41, 5.74) is -0.444. The standard InChI is InChI=1S/C12H23NO2/c14-11-6-10(7-11)8-13-9-12(15)4-2-1-3-5-12/h10-11,13-15H,1-9H2. The van der Waals surface area contributed by atoms with Crippen molar-refractivity contribution in [3.05, 3.63) is 0 Å². The summed E-state index contributed by atoms with van der Waals surface area (Å²) in [7, 11) is 0. The Hall–Kier alpha value is -0.120. The van der Waals surface area contributed by atoms with Gasteiger partial charge in [0.2, 0.25) is 0 Å². The van der Waals surface area contributed by atoms with Crippen LogP contribution in [-0.2, 0) is 0 Å². The lowest BCUT2D eigenvalue weighted by molar-refractivity contribution is -0.000861. The molecule has 0 aliphatic heterocycles. The molecule has 0 aromatic carbocycles. The predicted octanol–water partition coefficient (Wildman–Crippen LogP) is 1.04. The fourth-order valence-electron chi connectivity index (χ4n) is 2.76. The van der Waals surface area contributed by atoms with E-state index < -0.39 is 5.60 Å². The average molecular weight is 213 g/mol. The van der Waals surface area contributed by atoms with Crippen LogP contribution in [0.15, 0.2) is 0 Å². The van der Waals surface area contributed by atoms with Crippen LogP contribution in [-0.4, -0.2) is 35.0 Å². The van der Waals surface area contributed by atoms with Gasteiger partial charge in [-0.3, -0.25) is 0 Å². The van der Waals surface area contributed by atoms with Crippen LogP contribution in [0, 0.1) is 5.92 Å². The van der Waals surface area contributed by atoms with Gasteiger partial charge in [-0.2, -0.15) is 0 Å². The second kappa shape index (κ2) is 4.81. The fraction of sp³-hybridized carbons (Fsp3) is 1.00. The first kappa shape index (κ1) is 11.4. The molecule has 0 spiro atoms. The molecular formula is C12H23NO2. The summed E-state index contributed by atoms with van der Waals surface area (Å²) in [5.74, 6) is 0.632. The molecule has 2 aliphatic rings. The molecule has 0 atom stereocenters. The zero-order valence-electron chi connectivity index (χ0n) is 9.41. The third-order valence-corrected chi connectivity index (χ3v) is 3.88. The van der Waals surface area contributed by atoms with Gasteiger partial charge in [0, 0.05) is 6.54 Å². The molecule has 2 rings (SSSR count). The van der Waals surface area contributed by atoms with E-state index in [0.29, 0.717) is 5.92 Å². The number of aliphatic hydroxyl groups excluding tert-OH is 1. The van der Waals surface area contributed by atoms with E-state index in [0.717, 1.165) is 38.8 Å². The minimum Gasteiger partial charge on any atom is -0.393 e. The zero-order valence-corrected chi connectivity index (χ0v) is 9.41. The van der Waals surface area contributed by atoms with E-state index in [1.807, 2.05) is 0 Å². The predicted molar refractivity (Wildman–Crippen MR) is 59.6 cm³/mol. The molecular weight excluding hydrogens is 190 g/mol. The number of hydrogen-bond acceptors (Lipinski definition) is 3. The number of rotatable bonds is 4. The van der Waals surface area contributed by atoms with Crippen molar-refractivity contribution in [1.29, 1.82) is 0 Å². The van der Waals surface area contributed by atoms with Crippen molar-refractivity contribution in [2.45, 2.75) is 56.7 Å². The van der Waals surface area contributed by atoms with Crippen LogP contribution in [0.5, 0.6) is 0 Å². The zero-order chi connectivity index (χ0) is 10.7. The van der Waals surface area contributed by atoms with Crippen LogP contribution in [0.3, 0.4) is 0 Å². The van der Waals surface area contributed by atoms with Gasteiger partial charge in [0.1, 0.15) is 0 Å².